The van der Waals surface area contributed by atoms with Crippen molar-refractivity contribution >= 4 is 17.2 Å². The number of aliphatic hydroxyl groups is 1. The summed E-state index contributed by atoms with van der Waals surface area (Å²) in [7, 11) is 0. The third kappa shape index (κ3) is 3.29. The molecule has 0 spiro atoms. The molecule has 0 aromatic carbocycles. The molecule has 5 heteroatoms. The summed E-state index contributed by atoms with van der Waals surface area (Å²) < 4.78 is 0. The first-order valence-electron chi connectivity index (χ1n) is 6.40. The third-order valence-corrected chi connectivity index (χ3v) is 4.61. The van der Waals surface area contributed by atoms with Crippen LogP contribution in [0.3, 0.4) is 0 Å². The number of hydrogen-bond donors (Lipinski definition) is 2. The van der Waals surface area contributed by atoms with E-state index in [4.69, 9.17) is 0 Å². The first-order chi connectivity index (χ1) is 8.48. The number of rotatable bonds is 4. The van der Waals surface area contributed by atoms with Crippen molar-refractivity contribution in [3.8, 4) is 0 Å². The summed E-state index contributed by atoms with van der Waals surface area (Å²) in [6.07, 6.45) is 3.76. The Kier molecular flexibility index (Phi) is 4.02. The van der Waals surface area contributed by atoms with Gasteiger partial charge in [-0.1, -0.05) is 12.8 Å². The van der Waals surface area contributed by atoms with Gasteiger partial charge in [-0.25, -0.2) is 4.98 Å². The highest BCUT2D eigenvalue weighted by Crippen LogP contribution is 2.32. The maximum absolute atomic E-state index is 11.8. The molecule has 1 saturated carbocycles. The first-order valence-corrected chi connectivity index (χ1v) is 7.22. The highest BCUT2D eigenvalue weighted by molar-refractivity contribution is 7.11. The number of carbonyl (C=O) groups excluding carboxylic acids is 1. The molecule has 0 bridgehead atoms. The molecule has 2 rings (SSSR count). The van der Waals surface area contributed by atoms with Crippen molar-refractivity contribution in [1.82, 2.24) is 10.3 Å². The third-order valence-electron chi connectivity index (χ3n) is 3.53. The van der Waals surface area contributed by atoms with Gasteiger partial charge < -0.3 is 10.4 Å². The topological polar surface area (TPSA) is 62.2 Å². The lowest BCUT2D eigenvalue weighted by molar-refractivity contribution is -0.126. The molecule has 0 radical (unpaired) electrons. The Morgan fingerprint density at radius 1 is 1.44 bits per heavy atom. The Balaban J connectivity index is 1.81. The molecule has 4 nitrogen and oxygen atoms in total. The van der Waals surface area contributed by atoms with Gasteiger partial charge in [-0.3, -0.25) is 4.79 Å². The van der Waals surface area contributed by atoms with Crippen molar-refractivity contribution in [2.45, 2.75) is 58.1 Å². The van der Waals surface area contributed by atoms with Crippen molar-refractivity contribution in [2.24, 2.45) is 0 Å². The van der Waals surface area contributed by atoms with Gasteiger partial charge in [0.05, 0.1) is 24.3 Å². The summed E-state index contributed by atoms with van der Waals surface area (Å²) in [5.41, 5.74) is 0.261. The standard InChI is InChI=1S/C13H20N2O2S/c1-9-10(2)18-12(15-9)8-14-11(16)7-13(17)5-3-4-6-13/h17H,3-8H2,1-2H3,(H,14,16). The van der Waals surface area contributed by atoms with Crippen LogP contribution in [0, 0.1) is 13.8 Å². The van der Waals surface area contributed by atoms with Crippen LogP contribution < -0.4 is 5.32 Å². The van der Waals surface area contributed by atoms with E-state index in [1.807, 2.05) is 13.8 Å². The van der Waals surface area contributed by atoms with Crippen molar-refractivity contribution in [2.75, 3.05) is 0 Å². The number of aromatic nitrogens is 1. The summed E-state index contributed by atoms with van der Waals surface area (Å²) in [6.45, 7) is 4.46. The summed E-state index contributed by atoms with van der Waals surface area (Å²) in [5.74, 6) is -0.0788. The van der Waals surface area contributed by atoms with Crippen LogP contribution in [-0.4, -0.2) is 21.6 Å². The van der Waals surface area contributed by atoms with Gasteiger partial charge in [-0.05, 0) is 26.7 Å². The lowest BCUT2D eigenvalue weighted by atomic mass is 9.98. The van der Waals surface area contributed by atoms with E-state index in [2.05, 4.69) is 10.3 Å². The molecule has 1 aliphatic rings. The Labute approximate surface area is 111 Å². The fraction of sp³-hybridized carbons (Fsp3) is 0.692. The van der Waals surface area contributed by atoms with E-state index in [1.165, 1.54) is 4.88 Å². The molecular weight excluding hydrogens is 248 g/mol. The summed E-state index contributed by atoms with van der Waals surface area (Å²) in [6, 6.07) is 0. The Morgan fingerprint density at radius 2 is 2.11 bits per heavy atom. The van der Waals surface area contributed by atoms with Crippen LogP contribution in [0.5, 0.6) is 0 Å². The molecular formula is C13H20N2O2S. The maximum atomic E-state index is 11.8. The van der Waals surface area contributed by atoms with E-state index in [9.17, 15) is 9.90 Å². The van der Waals surface area contributed by atoms with Crippen LogP contribution in [0.4, 0.5) is 0 Å². The predicted octanol–water partition coefficient (Wildman–Crippen LogP) is 2.07. The molecule has 1 aromatic heterocycles. The number of thiazole rings is 1. The SMILES string of the molecule is Cc1nc(CNC(=O)CC2(O)CCCC2)sc1C. The van der Waals surface area contributed by atoms with Crippen molar-refractivity contribution in [3.05, 3.63) is 15.6 Å². The number of aryl methyl sites for hydroxylation is 2. The van der Waals surface area contributed by atoms with E-state index in [1.54, 1.807) is 11.3 Å². The minimum atomic E-state index is -0.765. The fourth-order valence-electron chi connectivity index (χ4n) is 2.36. The second-order valence-corrected chi connectivity index (χ2v) is 6.42. The molecule has 0 aliphatic heterocycles. The zero-order valence-electron chi connectivity index (χ0n) is 11.0. The Bertz CT molecular complexity index is 417. The van der Waals surface area contributed by atoms with Crippen LogP contribution >= 0.6 is 11.3 Å². The van der Waals surface area contributed by atoms with Gasteiger partial charge in [-0.15, -0.1) is 11.3 Å². The van der Waals surface area contributed by atoms with Gasteiger partial charge in [-0.2, -0.15) is 0 Å². The van der Waals surface area contributed by atoms with Crippen molar-refractivity contribution in [3.63, 3.8) is 0 Å². The van der Waals surface area contributed by atoms with E-state index in [-0.39, 0.29) is 12.3 Å². The van der Waals surface area contributed by atoms with Gasteiger partial charge in [0.25, 0.3) is 0 Å². The number of amides is 1. The monoisotopic (exact) mass is 268 g/mol. The minimum Gasteiger partial charge on any atom is -0.389 e. The average molecular weight is 268 g/mol. The highest BCUT2D eigenvalue weighted by atomic mass is 32.1. The number of nitrogens with zero attached hydrogens (tertiary/aromatic N) is 1. The minimum absolute atomic E-state index is 0.0788. The Hall–Kier alpha value is -0.940. The van der Waals surface area contributed by atoms with Gasteiger partial charge in [0.2, 0.25) is 5.91 Å². The van der Waals surface area contributed by atoms with E-state index >= 15 is 0 Å². The molecule has 0 unspecified atom stereocenters. The van der Waals surface area contributed by atoms with Crippen LogP contribution in [0.1, 0.15) is 47.7 Å². The molecule has 0 atom stereocenters. The van der Waals surface area contributed by atoms with Gasteiger partial charge in [0.15, 0.2) is 0 Å². The van der Waals surface area contributed by atoms with Crippen molar-refractivity contribution in [1.29, 1.82) is 0 Å². The molecule has 0 saturated heterocycles. The Morgan fingerprint density at radius 3 is 2.67 bits per heavy atom. The molecule has 2 N–H and O–H groups in total. The molecule has 1 aromatic rings. The predicted molar refractivity (Wildman–Crippen MR) is 71.5 cm³/mol. The highest BCUT2D eigenvalue weighted by Gasteiger charge is 2.33. The summed E-state index contributed by atoms with van der Waals surface area (Å²) >= 11 is 1.61. The maximum Gasteiger partial charge on any atom is 0.223 e. The summed E-state index contributed by atoms with van der Waals surface area (Å²) in [5, 5.41) is 13.9. The lowest BCUT2D eigenvalue weighted by Gasteiger charge is -2.20. The van der Waals surface area contributed by atoms with Crippen molar-refractivity contribution < 1.29 is 9.90 Å². The zero-order chi connectivity index (χ0) is 13.2. The normalized spacial score (nSPS) is 17.9. The van der Waals surface area contributed by atoms with Crippen LogP contribution in [0.2, 0.25) is 0 Å². The fourth-order valence-corrected chi connectivity index (χ4v) is 3.23. The lowest BCUT2D eigenvalue weighted by Crippen LogP contribution is -2.34. The quantitative estimate of drug-likeness (QED) is 0.878. The van der Waals surface area contributed by atoms with E-state index < -0.39 is 5.60 Å². The zero-order valence-corrected chi connectivity index (χ0v) is 11.8. The number of carbonyl (C=O) groups is 1. The van der Waals surface area contributed by atoms with Gasteiger partial charge in [0, 0.05) is 4.88 Å². The molecule has 1 aliphatic carbocycles. The van der Waals surface area contributed by atoms with E-state index in [0.29, 0.717) is 6.54 Å². The van der Waals surface area contributed by atoms with Crippen LogP contribution in [0.25, 0.3) is 0 Å². The van der Waals surface area contributed by atoms with Crippen LogP contribution in [-0.2, 0) is 11.3 Å². The molecule has 100 valence electrons. The molecule has 1 amide bonds. The smallest absolute Gasteiger partial charge is 0.223 e. The largest absolute Gasteiger partial charge is 0.389 e. The number of nitrogens with one attached hydrogen (secondary N) is 1. The second kappa shape index (κ2) is 5.36. The summed E-state index contributed by atoms with van der Waals surface area (Å²) in [4.78, 5) is 17.3. The van der Waals surface area contributed by atoms with Gasteiger partial charge >= 0.3 is 0 Å². The second-order valence-electron chi connectivity index (χ2n) is 5.13. The molecule has 1 fully saturated rings. The number of hydrogen-bond acceptors (Lipinski definition) is 4. The average Bonchev–Trinajstić information content (AvgIpc) is 2.84. The van der Waals surface area contributed by atoms with E-state index in [0.717, 1.165) is 36.4 Å². The first kappa shape index (κ1) is 13.5. The van der Waals surface area contributed by atoms with Gasteiger partial charge in [0.1, 0.15) is 5.01 Å². The molecule has 18 heavy (non-hydrogen) atoms. The molecule has 1 heterocycles. The van der Waals surface area contributed by atoms with Crippen LogP contribution in [0.15, 0.2) is 0 Å².